The quantitative estimate of drug-likeness (QED) is 0.501. The van der Waals surface area contributed by atoms with Gasteiger partial charge in [0.15, 0.2) is 5.69 Å². The summed E-state index contributed by atoms with van der Waals surface area (Å²) in [6.07, 6.45) is 0. The SMILES string of the molecule is COc1nc(C(=O)O)ccc1CN(Cc1cccc(Cl)c1Cl)C(=O)c1cc(F)cc(F)c1. The Morgan fingerprint density at radius 3 is 2.31 bits per heavy atom. The summed E-state index contributed by atoms with van der Waals surface area (Å²) in [4.78, 5) is 29.6. The first kappa shape index (κ1) is 23.4. The zero-order valence-corrected chi connectivity index (χ0v) is 18.1. The molecule has 2 aromatic carbocycles. The van der Waals surface area contributed by atoms with E-state index in [4.69, 9.17) is 33.0 Å². The van der Waals surface area contributed by atoms with Gasteiger partial charge in [-0.05, 0) is 35.9 Å². The normalized spacial score (nSPS) is 10.7. The van der Waals surface area contributed by atoms with Gasteiger partial charge in [0.1, 0.15) is 11.6 Å². The third kappa shape index (κ3) is 5.33. The Morgan fingerprint density at radius 1 is 1.03 bits per heavy atom. The summed E-state index contributed by atoms with van der Waals surface area (Å²) in [7, 11) is 1.30. The number of ether oxygens (including phenoxy) is 1. The number of amides is 1. The summed E-state index contributed by atoms with van der Waals surface area (Å²) in [6.45, 7) is -0.171. The molecule has 6 nitrogen and oxygen atoms in total. The Labute approximate surface area is 192 Å². The van der Waals surface area contributed by atoms with Gasteiger partial charge in [-0.15, -0.1) is 0 Å². The second-order valence-corrected chi connectivity index (χ2v) is 7.49. The summed E-state index contributed by atoms with van der Waals surface area (Å²) in [5, 5.41) is 9.64. The average Bonchev–Trinajstić information content (AvgIpc) is 2.75. The second-order valence-electron chi connectivity index (χ2n) is 6.70. The number of halogens is 4. The number of rotatable bonds is 7. The van der Waals surface area contributed by atoms with Crippen LogP contribution in [-0.4, -0.2) is 34.0 Å². The molecule has 1 N–H and O–H groups in total. The standard InChI is InChI=1S/C22H16Cl2F2N2O4/c1-32-20-13(5-6-18(27-20)22(30)31)11-28(10-12-3-2-4-17(23)19(12)24)21(29)14-7-15(25)9-16(26)8-14/h2-9H,10-11H2,1H3,(H,30,31). The number of aromatic nitrogens is 1. The van der Waals surface area contributed by atoms with Crippen molar-refractivity contribution in [1.29, 1.82) is 0 Å². The molecule has 166 valence electrons. The fraction of sp³-hybridized carbons (Fsp3) is 0.136. The fourth-order valence-corrected chi connectivity index (χ4v) is 3.41. The van der Waals surface area contributed by atoms with Gasteiger partial charge in [-0.25, -0.2) is 18.6 Å². The highest BCUT2D eigenvalue weighted by Crippen LogP contribution is 2.28. The monoisotopic (exact) mass is 480 g/mol. The maximum atomic E-state index is 13.7. The number of methoxy groups -OCH3 is 1. The molecule has 0 saturated heterocycles. The van der Waals surface area contributed by atoms with Crippen LogP contribution in [0.1, 0.15) is 32.0 Å². The van der Waals surface area contributed by atoms with Crippen molar-refractivity contribution in [3.8, 4) is 5.88 Å². The number of hydrogen-bond donors (Lipinski definition) is 1. The molecule has 0 saturated carbocycles. The van der Waals surface area contributed by atoms with Crippen LogP contribution in [-0.2, 0) is 13.1 Å². The first-order valence-corrected chi connectivity index (χ1v) is 9.90. The molecule has 0 aliphatic rings. The molecule has 32 heavy (non-hydrogen) atoms. The summed E-state index contributed by atoms with van der Waals surface area (Å²) < 4.78 is 32.6. The van der Waals surface area contributed by atoms with Gasteiger partial charge in [0.2, 0.25) is 5.88 Å². The largest absolute Gasteiger partial charge is 0.481 e. The molecule has 0 unspecified atom stereocenters. The number of carbonyl (C=O) groups excluding carboxylic acids is 1. The number of pyridine rings is 1. The highest BCUT2D eigenvalue weighted by Gasteiger charge is 2.22. The summed E-state index contributed by atoms with van der Waals surface area (Å²) in [5.41, 5.74) is 0.419. The molecule has 0 fully saturated rings. The Hall–Kier alpha value is -3.23. The van der Waals surface area contributed by atoms with E-state index in [1.807, 2.05) is 0 Å². The number of benzene rings is 2. The van der Waals surface area contributed by atoms with Crippen LogP contribution < -0.4 is 4.74 Å². The van der Waals surface area contributed by atoms with E-state index in [-0.39, 0.29) is 40.3 Å². The summed E-state index contributed by atoms with van der Waals surface area (Å²) in [5.74, 6) is -3.75. The van der Waals surface area contributed by atoms with Crippen molar-refractivity contribution in [1.82, 2.24) is 9.88 Å². The number of carbonyl (C=O) groups is 2. The third-order valence-electron chi connectivity index (χ3n) is 4.50. The molecule has 0 aliphatic carbocycles. The van der Waals surface area contributed by atoms with Crippen molar-refractivity contribution in [3.05, 3.63) is 92.6 Å². The molecular formula is C22H16Cl2F2N2O4. The highest BCUT2D eigenvalue weighted by atomic mass is 35.5. The first-order chi connectivity index (χ1) is 15.2. The van der Waals surface area contributed by atoms with Gasteiger partial charge in [0, 0.05) is 23.7 Å². The maximum absolute atomic E-state index is 13.7. The van der Waals surface area contributed by atoms with Crippen LogP contribution in [0.15, 0.2) is 48.5 Å². The van der Waals surface area contributed by atoms with Gasteiger partial charge in [-0.3, -0.25) is 4.79 Å². The summed E-state index contributed by atoms with van der Waals surface area (Å²) in [6, 6.07) is 10.1. The average molecular weight is 481 g/mol. The van der Waals surface area contributed by atoms with Crippen LogP contribution in [0.25, 0.3) is 0 Å². The van der Waals surface area contributed by atoms with Crippen molar-refractivity contribution in [3.63, 3.8) is 0 Å². The van der Waals surface area contributed by atoms with Gasteiger partial charge in [-0.1, -0.05) is 35.3 Å². The van der Waals surface area contributed by atoms with Crippen LogP contribution in [0.4, 0.5) is 8.78 Å². The Kier molecular flexibility index (Phi) is 7.27. The smallest absolute Gasteiger partial charge is 0.354 e. The maximum Gasteiger partial charge on any atom is 0.354 e. The predicted octanol–water partition coefficient (Wildman–Crippen LogP) is 5.22. The highest BCUT2D eigenvalue weighted by molar-refractivity contribution is 6.42. The van der Waals surface area contributed by atoms with Crippen LogP contribution in [0.3, 0.4) is 0 Å². The first-order valence-electron chi connectivity index (χ1n) is 9.15. The molecule has 0 bridgehead atoms. The van der Waals surface area contributed by atoms with E-state index in [1.54, 1.807) is 18.2 Å². The minimum absolute atomic E-state index is 0.00897. The molecule has 0 radical (unpaired) electrons. The van der Waals surface area contributed by atoms with E-state index in [2.05, 4.69) is 4.98 Å². The van der Waals surface area contributed by atoms with Crippen LogP contribution in [0.2, 0.25) is 10.0 Å². The van der Waals surface area contributed by atoms with E-state index in [1.165, 1.54) is 24.1 Å². The second kappa shape index (κ2) is 9.93. The van der Waals surface area contributed by atoms with Crippen LogP contribution in [0, 0.1) is 11.6 Å². The number of aromatic carboxylic acids is 1. The molecule has 1 heterocycles. The van der Waals surface area contributed by atoms with E-state index in [9.17, 15) is 18.4 Å². The van der Waals surface area contributed by atoms with E-state index in [0.29, 0.717) is 17.2 Å². The lowest BCUT2D eigenvalue weighted by atomic mass is 10.1. The Bertz CT molecular complexity index is 1170. The lowest BCUT2D eigenvalue weighted by molar-refractivity contribution is 0.0685. The number of nitrogens with zero attached hydrogens (tertiary/aromatic N) is 2. The van der Waals surface area contributed by atoms with E-state index in [0.717, 1.165) is 12.1 Å². The van der Waals surface area contributed by atoms with Gasteiger partial charge in [0.25, 0.3) is 5.91 Å². The predicted molar refractivity (Wildman–Crippen MR) is 114 cm³/mol. The van der Waals surface area contributed by atoms with Crippen molar-refractivity contribution >= 4 is 35.1 Å². The minimum atomic E-state index is -1.25. The van der Waals surface area contributed by atoms with Crippen molar-refractivity contribution in [2.75, 3.05) is 7.11 Å². The van der Waals surface area contributed by atoms with Crippen molar-refractivity contribution in [2.45, 2.75) is 13.1 Å². The third-order valence-corrected chi connectivity index (χ3v) is 5.36. The topological polar surface area (TPSA) is 79.7 Å². The lowest BCUT2D eigenvalue weighted by Gasteiger charge is -2.24. The van der Waals surface area contributed by atoms with Gasteiger partial charge < -0.3 is 14.7 Å². The van der Waals surface area contributed by atoms with Crippen molar-refractivity contribution < 1.29 is 28.2 Å². The lowest BCUT2D eigenvalue weighted by Crippen LogP contribution is -2.31. The number of carboxylic acids is 1. The van der Waals surface area contributed by atoms with Crippen LogP contribution >= 0.6 is 23.2 Å². The molecule has 0 aliphatic heterocycles. The molecule has 0 spiro atoms. The molecular weight excluding hydrogens is 465 g/mol. The van der Waals surface area contributed by atoms with Gasteiger partial charge >= 0.3 is 5.97 Å². The molecule has 3 aromatic rings. The molecule has 1 amide bonds. The van der Waals surface area contributed by atoms with Gasteiger partial charge in [-0.2, -0.15) is 0 Å². The van der Waals surface area contributed by atoms with Crippen LogP contribution in [0.5, 0.6) is 5.88 Å². The number of hydrogen-bond acceptors (Lipinski definition) is 4. The van der Waals surface area contributed by atoms with E-state index < -0.39 is 23.5 Å². The van der Waals surface area contributed by atoms with E-state index >= 15 is 0 Å². The van der Waals surface area contributed by atoms with Gasteiger partial charge in [0.05, 0.1) is 23.7 Å². The molecule has 1 aromatic heterocycles. The van der Waals surface area contributed by atoms with Crippen molar-refractivity contribution in [2.24, 2.45) is 0 Å². The minimum Gasteiger partial charge on any atom is -0.481 e. The fourth-order valence-electron chi connectivity index (χ4n) is 3.03. The molecule has 10 heteroatoms. The summed E-state index contributed by atoms with van der Waals surface area (Å²) >= 11 is 12.3. The molecule has 3 rings (SSSR count). The zero-order valence-electron chi connectivity index (χ0n) is 16.6. The Morgan fingerprint density at radius 2 is 1.69 bits per heavy atom. The Balaban J connectivity index is 2.03. The number of carboxylic acid groups (broad SMARTS) is 1. The zero-order chi connectivity index (χ0) is 23.4. The molecule has 0 atom stereocenters.